The van der Waals surface area contributed by atoms with Gasteiger partial charge in [0.05, 0.1) is 12.1 Å². The lowest BCUT2D eigenvalue weighted by molar-refractivity contribution is -0.122. The van der Waals surface area contributed by atoms with Gasteiger partial charge in [-0.25, -0.2) is 0 Å². The Kier molecular flexibility index (Phi) is 5.00. The number of pyridine rings is 1. The Balaban J connectivity index is 1.72. The van der Waals surface area contributed by atoms with E-state index in [1.807, 2.05) is 6.07 Å². The maximum Gasteiger partial charge on any atom is 0.233 e. The number of rotatable bonds is 4. The van der Waals surface area contributed by atoms with Crippen molar-refractivity contribution in [1.29, 1.82) is 0 Å². The number of likely N-dealkylation sites (N-methyl/N-ethyl adjacent to an activating group) is 1. The zero-order valence-corrected chi connectivity index (χ0v) is 14.7. The molecule has 5 heteroatoms. The molecule has 24 heavy (non-hydrogen) atoms. The molecule has 1 fully saturated rings. The SMILES string of the molecule is CNC(=O)CN1CCC(Nc2c(C)c(C)nc3ccccc23)CC1. The van der Waals surface area contributed by atoms with Crippen LogP contribution >= 0.6 is 0 Å². The lowest BCUT2D eigenvalue weighted by Crippen LogP contribution is -2.43. The molecule has 1 aliphatic heterocycles. The topological polar surface area (TPSA) is 57.3 Å². The van der Waals surface area contributed by atoms with Crippen molar-refractivity contribution >= 4 is 22.5 Å². The molecule has 0 atom stereocenters. The number of nitrogens with one attached hydrogen (secondary N) is 2. The summed E-state index contributed by atoms with van der Waals surface area (Å²) in [5, 5.41) is 7.64. The predicted octanol–water partition coefficient (Wildman–Crippen LogP) is 2.47. The van der Waals surface area contributed by atoms with Crippen LogP contribution in [0.3, 0.4) is 0 Å². The molecule has 1 aromatic heterocycles. The van der Waals surface area contributed by atoms with Crippen LogP contribution in [0.5, 0.6) is 0 Å². The van der Waals surface area contributed by atoms with E-state index in [0.29, 0.717) is 12.6 Å². The Labute approximate surface area is 143 Å². The highest BCUT2D eigenvalue weighted by atomic mass is 16.1. The number of hydrogen-bond donors (Lipinski definition) is 2. The fourth-order valence-corrected chi connectivity index (χ4v) is 3.34. The molecule has 1 aromatic carbocycles. The van der Waals surface area contributed by atoms with E-state index in [9.17, 15) is 4.79 Å². The molecule has 0 bridgehead atoms. The number of hydrogen-bond acceptors (Lipinski definition) is 4. The molecular formula is C19H26N4O. The number of likely N-dealkylation sites (tertiary alicyclic amines) is 1. The third kappa shape index (κ3) is 3.51. The zero-order valence-electron chi connectivity index (χ0n) is 14.7. The number of amides is 1. The van der Waals surface area contributed by atoms with Crippen LogP contribution in [0, 0.1) is 13.8 Å². The minimum absolute atomic E-state index is 0.0907. The van der Waals surface area contributed by atoms with Crippen molar-refractivity contribution in [2.75, 3.05) is 32.0 Å². The van der Waals surface area contributed by atoms with E-state index in [0.717, 1.165) is 37.1 Å². The van der Waals surface area contributed by atoms with Crippen molar-refractivity contribution in [2.45, 2.75) is 32.7 Å². The van der Waals surface area contributed by atoms with Crippen molar-refractivity contribution in [3.05, 3.63) is 35.5 Å². The molecule has 1 amide bonds. The molecule has 0 unspecified atom stereocenters. The average Bonchev–Trinajstić information content (AvgIpc) is 2.60. The monoisotopic (exact) mass is 326 g/mol. The van der Waals surface area contributed by atoms with Gasteiger partial charge in [-0.3, -0.25) is 14.7 Å². The third-order valence-corrected chi connectivity index (χ3v) is 4.96. The second-order valence-corrected chi connectivity index (χ2v) is 6.58. The first-order valence-corrected chi connectivity index (χ1v) is 8.64. The molecule has 2 aromatic rings. The maximum atomic E-state index is 11.5. The Morgan fingerprint density at radius 1 is 1.25 bits per heavy atom. The molecule has 1 aliphatic rings. The number of carbonyl (C=O) groups is 1. The number of anilines is 1. The Morgan fingerprint density at radius 3 is 2.67 bits per heavy atom. The van der Waals surface area contributed by atoms with Gasteiger partial charge in [-0.05, 0) is 38.3 Å². The highest BCUT2D eigenvalue weighted by Gasteiger charge is 2.21. The first-order valence-electron chi connectivity index (χ1n) is 8.64. The van der Waals surface area contributed by atoms with E-state index in [2.05, 4.69) is 47.6 Å². The fraction of sp³-hybridized carbons (Fsp3) is 0.474. The smallest absolute Gasteiger partial charge is 0.233 e. The van der Waals surface area contributed by atoms with Gasteiger partial charge in [0.1, 0.15) is 0 Å². The van der Waals surface area contributed by atoms with Crippen LogP contribution in [0.25, 0.3) is 10.9 Å². The van der Waals surface area contributed by atoms with Gasteiger partial charge in [0.2, 0.25) is 5.91 Å². The first kappa shape index (κ1) is 16.7. The number of fused-ring (bicyclic) bond motifs is 1. The number of benzene rings is 1. The molecule has 1 saturated heterocycles. The normalized spacial score (nSPS) is 16.3. The van der Waals surface area contributed by atoms with Gasteiger partial charge in [0.15, 0.2) is 0 Å². The molecule has 0 spiro atoms. The summed E-state index contributed by atoms with van der Waals surface area (Å²) in [6.45, 7) is 6.61. The summed E-state index contributed by atoms with van der Waals surface area (Å²) in [5.74, 6) is 0.0907. The molecular weight excluding hydrogens is 300 g/mol. The van der Waals surface area contributed by atoms with Crippen molar-refractivity contribution in [1.82, 2.24) is 15.2 Å². The van der Waals surface area contributed by atoms with Gasteiger partial charge < -0.3 is 10.6 Å². The van der Waals surface area contributed by atoms with Crippen molar-refractivity contribution in [3.8, 4) is 0 Å². The minimum atomic E-state index is 0.0907. The van der Waals surface area contributed by atoms with Gasteiger partial charge in [-0.1, -0.05) is 18.2 Å². The van der Waals surface area contributed by atoms with Gasteiger partial charge in [0, 0.05) is 42.9 Å². The van der Waals surface area contributed by atoms with E-state index in [1.54, 1.807) is 7.05 Å². The molecule has 2 N–H and O–H groups in total. The fourth-order valence-electron chi connectivity index (χ4n) is 3.34. The highest BCUT2D eigenvalue weighted by molar-refractivity contribution is 5.93. The molecule has 3 rings (SSSR count). The summed E-state index contributed by atoms with van der Waals surface area (Å²) in [6, 6.07) is 8.74. The Morgan fingerprint density at radius 2 is 1.96 bits per heavy atom. The summed E-state index contributed by atoms with van der Waals surface area (Å²) < 4.78 is 0. The van der Waals surface area contributed by atoms with Gasteiger partial charge in [0.25, 0.3) is 0 Å². The van der Waals surface area contributed by atoms with Crippen molar-refractivity contribution in [3.63, 3.8) is 0 Å². The summed E-state index contributed by atoms with van der Waals surface area (Å²) in [6.07, 6.45) is 2.10. The van der Waals surface area contributed by atoms with Crippen LogP contribution in [0.15, 0.2) is 24.3 Å². The van der Waals surface area contributed by atoms with Gasteiger partial charge >= 0.3 is 0 Å². The number of piperidine rings is 1. The van der Waals surface area contributed by atoms with E-state index >= 15 is 0 Å². The first-order chi connectivity index (χ1) is 11.6. The molecule has 0 saturated carbocycles. The molecule has 128 valence electrons. The quantitative estimate of drug-likeness (QED) is 0.906. The number of carbonyl (C=O) groups excluding carboxylic acids is 1. The average molecular weight is 326 g/mol. The van der Waals surface area contributed by atoms with E-state index < -0.39 is 0 Å². The molecule has 0 radical (unpaired) electrons. The van der Waals surface area contributed by atoms with Crippen molar-refractivity contribution < 1.29 is 4.79 Å². The second-order valence-electron chi connectivity index (χ2n) is 6.58. The lowest BCUT2D eigenvalue weighted by atomic mass is 10.0. The van der Waals surface area contributed by atoms with Crippen LogP contribution in [-0.2, 0) is 4.79 Å². The Hall–Kier alpha value is -2.14. The minimum Gasteiger partial charge on any atom is -0.381 e. The number of aryl methyl sites for hydroxylation is 1. The number of para-hydroxylation sites is 1. The van der Waals surface area contributed by atoms with E-state index in [-0.39, 0.29) is 5.91 Å². The predicted molar refractivity (Wildman–Crippen MR) is 98.4 cm³/mol. The molecule has 0 aliphatic carbocycles. The van der Waals surface area contributed by atoms with Crippen LogP contribution in [-0.4, -0.2) is 48.5 Å². The van der Waals surface area contributed by atoms with Crippen LogP contribution in [0.1, 0.15) is 24.1 Å². The van der Waals surface area contributed by atoms with E-state index in [4.69, 9.17) is 4.98 Å². The summed E-state index contributed by atoms with van der Waals surface area (Å²) >= 11 is 0. The lowest BCUT2D eigenvalue weighted by Gasteiger charge is -2.33. The van der Waals surface area contributed by atoms with Crippen LogP contribution in [0.2, 0.25) is 0 Å². The van der Waals surface area contributed by atoms with E-state index in [1.165, 1.54) is 16.6 Å². The largest absolute Gasteiger partial charge is 0.381 e. The standard InChI is InChI=1S/C19H26N4O/c1-13-14(2)21-17-7-5-4-6-16(17)19(13)22-15-8-10-23(11-9-15)12-18(24)20-3/h4-7,15H,8-12H2,1-3H3,(H,20,24)(H,21,22). The van der Waals surface area contributed by atoms with Gasteiger partial charge in [-0.15, -0.1) is 0 Å². The summed E-state index contributed by atoms with van der Waals surface area (Å²) in [4.78, 5) is 18.4. The second kappa shape index (κ2) is 7.18. The third-order valence-electron chi connectivity index (χ3n) is 4.96. The highest BCUT2D eigenvalue weighted by Crippen LogP contribution is 2.29. The molecule has 2 heterocycles. The molecule has 5 nitrogen and oxygen atoms in total. The van der Waals surface area contributed by atoms with Crippen molar-refractivity contribution in [2.24, 2.45) is 0 Å². The Bertz CT molecular complexity index is 735. The van der Waals surface area contributed by atoms with Gasteiger partial charge in [-0.2, -0.15) is 0 Å². The summed E-state index contributed by atoms with van der Waals surface area (Å²) in [5.41, 5.74) is 4.55. The van der Waals surface area contributed by atoms with Crippen LogP contribution < -0.4 is 10.6 Å². The maximum absolute atomic E-state index is 11.5. The summed E-state index contributed by atoms with van der Waals surface area (Å²) in [7, 11) is 1.69. The number of nitrogens with zero attached hydrogens (tertiary/aromatic N) is 2. The number of aromatic nitrogens is 1. The zero-order chi connectivity index (χ0) is 17.1. The van der Waals surface area contributed by atoms with Crippen LogP contribution in [0.4, 0.5) is 5.69 Å².